The molecule has 0 aliphatic carbocycles. The first-order valence-corrected chi connectivity index (χ1v) is 7.67. The van der Waals surface area contributed by atoms with Crippen LogP contribution in [0.25, 0.3) is 6.08 Å². The van der Waals surface area contributed by atoms with E-state index in [9.17, 15) is 9.59 Å². The van der Waals surface area contributed by atoms with Crippen LogP contribution in [0.2, 0.25) is 5.15 Å². The van der Waals surface area contributed by atoms with E-state index < -0.39 is 5.97 Å². The van der Waals surface area contributed by atoms with Crippen LogP contribution in [0.3, 0.4) is 0 Å². The fraction of sp³-hybridized carbons (Fsp3) is 0.231. The highest BCUT2D eigenvalue weighted by Gasteiger charge is 2.31. The third-order valence-corrected chi connectivity index (χ3v) is 4.41. The normalized spacial score (nSPS) is 16.8. The Morgan fingerprint density at radius 2 is 2.33 bits per heavy atom. The molecule has 110 valence electrons. The maximum atomic E-state index is 12.2. The second kappa shape index (κ2) is 7.02. The molecule has 2 rings (SSSR count). The molecule has 0 saturated carbocycles. The van der Waals surface area contributed by atoms with Gasteiger partial charge in [0.15, 0.2) is 0 Å². The summed E-state index contributed by atoms with van der Waals surface area (Å²) < 4.78 is 0.427. The summed E-state index contributed by atoms with van der Waals surface area (Å²) in [6.45, 7) is 0.301. The third-order valence-electron chi connectivity index (χ3n) is 2.72. The van der Waals surface area contributed by atoms with Crippen molar-refractivity contribution in [1.29, 1.82) is 0 Å². The van der Waals surface area contributed by atoms with Gasteiger partial charge in [0.05, 0.1) is 4.91 Å². The molecule has 1 aliphatic rings. The Bertz CT molecular complexity index is 634. The summed E-state index contributed by atoms with van der Waals surface area (Å²) >= 11 is 12.3. The topological polar surface area (TPSA) is 70.5 Å². The summed E-state index contributed by atoms with van der Waals surface area (Å²) in [5, 5.41) is 8.94. The quantitative estimate of drug-likeness (QED) is 0.504. The summed E-state index contributed by atoms with van der Waals surface area (Å²) in [6.07, 6.45) is 3.58. The van der Waals surface area contributed by atoms with Gasteiger partial charge in [-0.15, -0.1) is 0 Å². The first-order chi connectivity index (χ1) is 9.99. The van der Waals surface area contributed by atoms with Gasteiger partial charge in [-0.05, 0) is 18.6 Å². The summed E-state index contributed by atoms with van der Waals surface area (Å²) in [6, 6.07) is 3.48. The van der Waals surface area contributed by atoms with Crippen LogP contribution in [0.15, 0.2) is 23.2 Å². The van der Waals surface area contributed by atoms with Crippen molar-refractivity contribution in [3.05, 3.63) is 34.0 Å². The first kappa shape index (κ1) is 15.9. The number of carboxylic acid groups (broad SMARTS) is 1. The van der Waals surface area contributed by atoms with E-state index in [1.54, 1.807) is 24.4 Å². The number of halogens is 1. The Hall–Kier alpha value is -1.44. The number of aliphatic carboxylic acids is 1. The van der Waals surface area contributed by atoms with Gasteiger partial charge in [-0.2, -0.15) is 0 Å². The van der Waals surface area contributed by atoms with Crippen LogP contribution >= 0.6 is 35.6 Å². The first-order valence-electron chi connectivity index (χ1n) is 6.06. The molecule has 1 aromatic rings. The molecule has 0 bridgehead atoms. The number of amides is 1. The molecule has 21 heavy (non-hydrogen) atoms. The molecule has 0 atom stereocenters. The van der Waals surface area contributed by atoms with Crippen molar-refractivity contribution in [2.75, 3.05) is 6.54 Å². The minimum Gasteiger partial charge on any atom is -0.481 e. The van der Waals surface area contributed by atoms with Crippen molar-refractivity contribution in [3.63, 3.8) is 0 Å². The fourth-order valence-electron chi connectivity index (χ4n) is 1.73. The molecule has 1 aromatic heterocycles. The molecule has 1 saturated heterocycles. The smallest absolute Gasteiger partial charge is 0.303 e. The second-order valence-electron chi connectivity index (χ2n) is 4.21. The van der Waals surface area contributed by atoms with Gasteiger partial charge in [-0.3, -0.25) is 14.5 Å². The van der Waals surface area contributed by atoms with Crippen molar-refractivity contribution in [3.8, 4) is 0 Å². The molecule has 1 N–H and O–H groups in total. The highest BCUT2D eigenvalue weighted by molar-refractivity contribution is 8.26. The van der Waals surface area contributed by atoms with Crippen molar-refractivity contribution >= 4 is 57.9 Å². The maximum absolute atomic E-state index is 12.2. The Balaban J connectivity index is 2.11. The largest absolute Gasteiger partial charge is 0.481 e. The standard InChI is InChI=1S/C13H11ClN2O3S2/c14-11-8(3-1-5-15-11)7-9-12(19)16(13(20)21-9)6-2-4-10(17)18/h1,3,5,7H,2,4,6H2,(H,17,18)/b9-7-. The number of aromatic nitrogens is 1. The van der Waals surface area contributed by atoms with Crippen LogP contribution in [0.5, 0.6) is 0 Å². The van der Waals surface area contributed by atoms with Gasteiger partial charge in [0.25, 0.3) is 5.91 Å². The van der Waals surface area contributed by atoms with E-state index in [1.807, 2.05) is 0 Å². The highest BCUT2D eigenvalue weighted by Crippen LogP contribution is 2.33. The van der Waals surface area contributed by atoms with E-state index in [0.717, 1.165) is 0 Å². The number of carbonyl (C=O) groups excluding carboxylic acids is 1. The fourth-order valence-corrected chi connectivity index (χ4v) is 3.20. The molecule has 0 unspecified atom stereocenters. The highest BCUT2D eigenvalue weighted by atomic mass is 35.5. The molecule has 1 aliphatic heterocycles. The van der Waals surface area contributed by atoms with Gasteiger partial charge in [-0.25, -0.2) is 4.98 Å². The van der Waals surface area contributed by atoms with E-state index in [4.69, 9.17) is 28.9 Å². The Labute approximate surface area is 136 Å². The summed E-state index contributed by atoms with van der Waals surface area (Å²) in [4.78, 5) is 28.6. The van der Waals surface area contributed by atoms with Crippen LogP contribution in [0.1, 0.15) is 18.4 Å². The Morgan fingerprint density at radius 1 is 1.57 bits per heavy atom. The third kappa shape index (κ3) is 4.03. The van der Waals surface area contributed by atoms with Crippen LogP contribution in [-0.2, 0) is 9.59 Å². The SMILES string of the molecule is O=C(O)CCCN1C(=O)/C(=C/c2cccnc2Cl)SC1=S. The molecular weight excluding hydrogens is 332 g/mol. The van der Waals surface area contributed by atoms with E-state index >= 15 is 0 Å². The average Bonchev–Trinajstić information content (AvgIpc) is 2.68. The van der Waals surface area contributed by atoms with Gasteiger partial charge < -0.3 is 5.11 Å². The predicted molar refractivity (Wildman–Crippen MR) is 86.0 cm³/mol. The predicted octanol–water partition coefficient (Wildman–Crippen LogP) is 2.80. The zero-order chi connectivity index (χ0) is 15.4. The van der Waals surface area contributed by atoms with Crippen LogP contribution < -0.4 is 0 Å². The van der Waals surface area contributed by atoms with Gasteiger partial charge in [-0.1, -0.05) is 41.6 Å². The number of pyridine rings is 1. The lowest BCUT2D eigenvalue weighted by Crippen LogP contribution is -2.29. The number of nitrogens with zero attached hydrogens (tertiary/aromatic N) is 2. The van der Waals surface area contributed by atoms with E-state index in [-0.39, 0.29) is 12.3 Å². The van der Waals surface area contributed by atoms with Crippen LogP contribution in [-0.4, -0.2) is 37.7 Å². The van der Waals surface area contributed by atoms with Crippen molar-refractivity contribution in [1.82, 2.24) is 9.88 Å². The van der Waals surface area contributed by atoms with Crippen molar-refractivity contribution in [2.45, 2.75) is 12.8 Å². The van der Waals surface area contributed by atoms with Crippen LogP contribution in [0.4, 0.5) is 0 Å². The zero-order valence-corrected chi connectivity index (χ0v) is 13.2. The number of thioether (sulfide) groups is 1. The molecule has 2 heterocycles. The minimum atomic E-state index is -0.891. The molecule has 0 spiro atoms. The van der Waals surface area contributed by atoms with Gasteiger partial charge in [0, 0.05) is 24.7 Å². The van der Waals surface area contributed by atoms with Gasteiger partial charge >= 0.3 is 5.97 Å². The van der Waals surface area contributed by atoms with Crippen molar-refractivity contribution in [2.24, 2.45) is 0 Å². The number of thiocarbonyl (C=S) groups is 1. The number of rotatable bonds is 5. The number of hydrogen-bond acceptors (Lipinski definition) is 5. The van der Waals surface area contributed by atoms with Gasteiger partial charge in [0.2, 0.25) is 0 Å². The maximum Gasteiger partial charge on any atom is 0.303 e. The zero-order valence-electron chi connectivity index (χ0n) is 10.8. The minimum absolute atomic E-state index is 0.00450. The molecule has 8 heteroatoms. The molecule has 0 aromatic carbocycles. The Kier molecular flexibility index (Phi) is 5.33. The Morgan fingerprint density at radius 3 is 3.00 bits per heavy atom. The second-order valence-corrected chi connectivity index (χ2v) is 6.25. The van der Waals surface area contributed by atoms with Crippen molar-refractivity contribution < 1.29 is 14.7 Å². The lowest BCUT2D eigenvalue weighted by Gasteiger charge is -2.13. The monoisotopic (exact) mass is 342 g/mol. The van der Waals surface area contributed by atoms with Crippen LogP contribution in [0, 0.1) is 0 Å². The van der Waals surface area contributed by atoms with Gasteiger partial charge in [0.1, 0.15) is 9.47 Å². The lowest BCUT2D eigenvalue weighted by atomic mass is 10.2. The lowest BCUT2D eigenvalue weighted by molar-refractivity contribution is -0.137. The number of carbonyl (C=O) groups is 2. The van der Waals surface area contributed by atoms with E-state index in [1.165, 1.54) is 16.7 Å². The van der Waals surface area contributed by atoms with E-state index in [2.05, 4.69) is 4.98 Å². The number of hydrogen-bond donors (Lipinski definition) is 1. The summed E-state index contributed by atoms with van der Waals surface area (Å²) in [7, 11) is 0. The molecule has 1 amide bonds. The average molecular weight is 343 g/mol. The molecule has 1 fully saturated rings. The molecular formula is C13H11ClN2O3S2. The number of carboxylic acids is 1. The molecule has 0 radical (unpaired) electrons. The summed E-state index contributed by atoms with van der Waals surface area (Å²) in [5.41, 5.74) is 0.644. The molecule has 5 nitrogen and oxygen atoms in total. The van der Waals surface area contributed by atoms with E-state index in [0.29, 0.717) is 32.9 Å². The summed E-state index contributed by atoms with van der Waals surface area (Å²) in [5.74, 6) is -1.12.